The third-order valence-electron chi connectivity index (χ3n) is 14.5. The van der Waals surface area contributed by atoms with E-state index in [1.165, 1.54) is 18.6 Å². The molecule has 2 bridgehead atoms. The van der Waals surface area contributed by atoms with E-state index in [1.54, 1.807) is 0 Å². The first-order valence-electron chi connectivity index (χ1n) is 19.2. The number of esters is 2. The number of carbonyl (C=O) groups excluding carboxylic acids is 2. The number of carbonyl (C=O) groups is 2. The van der Waals surface area contributed by atoms with Gasteiger partial charge in [0.15, 0.2) is 5.72 Å². The minimum absolute atomic E-state index is 0.128. The Morgan fingerprint density at radius 3 is 2.56 bits per heavy atom. The van der Waals surface area contributed by atoms with E-state index in [1.807, 2.05) is 25.1 Å². The van der Waals surface area contributed by atoms with Crippen molar-refractivity contribution in [3.63, 3.8) is 0 Å². The maximum Gasteiger partial charge on any atom is 0.331 e. The summed E-state index contributed by atoms with van der Waals surface area (Å²) in [7, 11) is 0. The molecule has 3 saturated carbocycles. The third kappa shape index (κ3) is 5.36. The minimum atomic E-state index is -1.62. The van der Waals surface area contributed by atoms with Crippen LogP contribution in [-0.4, -0.2) is 62.9 Å². The van der Waals surface area contributed by atoms with E-state index in [2.05, 4.69) is 49.0 Å². The number of aliphatic hydroxyl groups excluding tert-OH is 1. The number of hydrazine groups is 1. The predicted molar refractivity (Wildman–Crippen MR) is 189 cm³/mol. The number of nitrogens with one attached hydrogen (secondary N) is 2. The lowest BCUT2D eigenvalue weighted by Gasteiger charge is -2.77. The highest BCUT2D eigenvalue weighted by Gasteiger charge is 2.85. The van der Waals surface area contributed by atoms with Gasteiger partial charge in [-0.1, -0.05) is 76.1 Å². The SMILES string of the molecule is CC(=O)O[C@@]12C[C@@]3(C)C=C[C@](O)(CC[C@H](C)CCCc4ccccc4)[C@]4(C1[C@@](C)(CC[C@H]4O)[C@@H]1CCC[C@H]1NN2)[C@@]3(O)CCC1=CC(=O)OC1. The highest BCUT2D eigenvalue weighted by Crippen LogP contribution is 2.77. The standard InChI is InChI=1S/C41H58N2O7/c1-27(10-8-13-29-11-6-5-7-12-29)16-20-38(47)23-22-36(3)26-39(50-28(2)44)35-37(4,31-14-9-15-32(31)42-43-39)19-18-33(45)41(35,38)40(36,48)21-17-30-24-34(46)49-25-30/h5-7,11-12,22-24,27,31-33,35,42-43,45,47-48H,8-10,13-21,25-26H2,1-4H3/t27-,31-,32-,33-,35?,36-,37+,38-,39+,40-,41+/m1/s1. The van der Waals surface area contributed by atoms with E-state index in [4.69, 9.17) is 9.47 Å². The quantitative estimate of drug-likeness (QED) is 0.152. The average molecular weight is 691 g/mol. The van der Waals surface area contributed by atoms with Gasteiger partial charge in [0.1, 0.15) is 6.61 Å². The highest BCUT2D eigenvalue weighted by molar-refractivity contribution is 5.85. The van der Waals surface area contributed by atoms with Crippen LogP contribution in [0.2, 0.25) is 0 Å². The second-order valence-electron chi connectivity index (χ2n) is 17.4. The Hall–Kier alpha value is -2.56. The van der Waals surface area contributed by atoms with Gasteiger partial charge in [-0.15, -0.1) is 0 Å². The lowest BCUT2D eigenvalue weighted by atomic mass is 9.30. The van der Waals surface area contributed by atoms with Crippen molar-refractivity contribution in [1.82, 2.24) is 10.9 Å². The molecule has 1 spiro atoms. The summed E-state index contributed by atoms with van der Waals surface area (Å²) in [5.74, 6) is -0.979. The number of fused-ring (bicyclic) bond motifs is 3. The number of aliphatic hydroxyl groups is 3. The Balaban J connectivity index is 1.34. The molecule has 9 nitrogen and oxygen atoms in total. The fraction of sp³-hybridized carbons (Fsp3) is 0.707. The van der Waals surface area contributed by atoms with Crippen LogP contribution < -0.4 is 10.9 Å². The van der Waals surface area contributed by atoms with Gasteiger partial charge in [0.2, 0.25) is 0 Å². The van der Waals surface area contributed by atoms with E-state index in [9.17, 15) is 24.9 Å². The molecule has 2 heterocycles. The summed E-state index contributed by atoms with van der Waals surface area (Å²) in [5, 5.41) is 40.1. The minimum Gasteiger partial charge on any atom is -0.458 e. The van der Waals surface area contributed by atoms with E-state index >= 15 is 0 Å². The molecule has 4 aliphatic carbocycles. The number of aryl methyl sites for hydroxylation is 1. The molecule has 2 aliphatic heterocycles. The zero-order chi connectivity index (χ0) is 35.6. The number of ether oxygens (including phenoxy) is 2. The maximum atomic E-state index is 13.8. The van der Waals surface area contributed by atoms with Crippen LogP contribution in [0.15, 0.2) is 54.1 Å². The zero-order valence-electron chi connectivity index (χ0n) is 30.4. The summed E-state index contributed by atoms with van der Waals surface area (Å²) in [6.07, 6.45) is 13.3. The molecule has 6 aliphatic rings. The number of hydrogen-bond acceptors (Lipinski definition) is 9. The number of rotatable bonds is 11. The number of hydrogen-bond donors (Lipinski definition) is 5. The van der Waals surface area contributed by atoms with Crippen LogP contribution in [0.5, 0.6) is 0 Å². The van der Waals surface area contributed by atoms with Crippen molar-refractivity contribution in [2.75, 3.05) is 6.61 Å². The lowest BCUT2D eigenvalue weighted by molar-refractivity contribution is -0.383. The second-order valence-corrected chi connectivity index (χ2v) is 17.4. The average Bonchev–Trinajstić information content (AvgIpc) is 3.71. The molecule has 11 atom stereocenters. The lowest BCUT2D eigenvalue weighted by Crippen LogP contribution is -2.87. The molecule has 1 aromatic rings. The molecule has 274 valence electrons. The predicted octanol–water partition coefficient (Wildman–Crippen LogP) is 5.43. The van der Waals surface area contributed by atoms with Gasteiger partial charge in [-0.25, -0.2) is 10.2 Å². The first kappa shape index (κ1) is 35.8. The largest absolute Gasteiger partial charge is 0.458 e. The van der Waals surface area contributed by atoms with Crippen molar-refractivity contribution in [1.29, 1.82) is 0 Å². The summed E-state index contributed by atoms with van der Waals surface area (Å²) in [6, 6.07) is 10.6. The summed E-state index contributed by atoms with van der Waals surface area (Å²) in [6.45, 7) is 8.07. The Morgan fingerprint density at radius 2 is 1.84 bits per heavy atom. The molecule has 1 unspecified atom stereocenters. The van der Waals surface area contributed by atoms with Gasteiger partial charge in [-0.05, 0) is 92.6 Å². The molecule has 0 aromatic heterocycles. The molecular weight excluding hydrogens is 632 g/mol. The second kappa shape index (κ2) is 12.8. The van der Waals surface area contributed by atoms with Gasteiger partial charge in [0.25, 0.3) is 0 Å². The molecular formula is C41H58N2O7. The van der Waals surface area contributed by atoms with Gasteiger partial charge in [-0.3, -0.25) is 10.2 Å². The Kier molecular flexibility index (Phi) is 9.20. The molecule has 5 N–H and O–H groups in total. The van der Waals surface area contributed by atoms with Crippen molar-refractivity contribution in [3.05, 3.63) is 59.7 Å². The van der Waals surface area contributed by atoms with E-state index in [-0.39, 0.29) is 37.4 Å². The van der Waals surface area contributed by atoms with Gasteiger partial charge in [0, 0.05) is 36.8 Å². The van der Waals surface area contributed by atoms with Crippen molar-refractivity contribution in [2.45, 2.75) is 140 Å². The first-order valence-corrected chi connectivity index (χ1v) is 19.2. The van der Waals surface area contributed by atoms with Crippen molar-refractivity contribution >= 4 is 11.9 Å². The number of benzene rings is 1. The van der Waals surface area contributed by atoms with Crippen LogP contribution in [0.25, 0.3) is 0 Å². The van der Waals surface area contributed by atoms with Crippen LogP contribution in [0.3, 0.4) is 0 Å². The van der Waals surface area contributed by atoms with Crippen molar-refractivity contribution < 1.29 is 34.4 Å². The van der Waals surface area contributed by atoms with Crippen LogP contribution in [0.4, 0.5) is 0 Å². The van der Waals surface area contributed by atoms with E-state index in [0.29, 0.717) is 38.0 Å². The van der Waals surface area contributed by atoms with Crippen LogP contribution in [0.1, 0.15) is 110 Å². The summed E-state index contributed by atoms with van der Waals surface area (Å²) in [4.78, 5) is 25.2. The van der Waals surface area contributed by atoms with E-state index in [0.717, 1.165) is 44.1 Å². The summed E-state index contributed by atoms with van der Waals surface area (Å²) >= 11 is 0. The van der Waals surface area contributed by atoms with Gasteiger partial charge in [-0.2, -0.15) is 0 Å². The van der Waals surface area contributed by atoms with Gasteiger partial charge in [0.05, 0.1) is 22.7 Å². The first-order chi connectivity index (χ1) is 23.7. The fourth-order valence-corrected chi connectivity index (χ4v) is 12.4. The molecule has 1 aromatic carbocycles. The Morgan fingerprint density at radius 1 is 1.06 bits per heavy atom. The third-order valence-corrected chi connectivity index (χ3v) is 14.5. The molecule has 0 radical (unpaired) electrons. The molecule has 0 amide bonds. The van der Waals surface area contributed by atoms with Crippen molar-refractivity contribution in [2.24, 2.45) is 34.0 Å². The molecule has 4 fully saturated rings. The zero-order valence-corrected chi connectivity index (χ0v) is 30.4. The molecule has 9 heteroatoms. The normalized spacial score (nSPS) is 43.7. The van der Waals surface area contributed by atoms with Crippen LogP contribution >= 0.6 is 0 Å². The Labute approximate surface area is 297 Å². The summed E-state index contributed by atoms with van der Waals surface area (Å²) < 4.78 is 11.8. The van der Waals surface area contributed by atoms with E-state index < -0.39 is 51.2 Å². The topological polar surface area (TPSA) is 137 Å². The highest BCUT2D eigenvalue weighted by atomic mass is 16.6. The van der Waals surface area contributed by atoms with Crippen LogP contribution in [-0.2, 0) is 25.5 Å². The van der Waals surface area contributed by atoms with Crippen LogP contribution in [0, 0.1) is 34.0 Å². The Bertz CT molecular complexity index is 1530. The molecule has 50 heavy (non-hydrogen) atoms. The summed E-state index contributed by atoms with van der Waals surface area (Å²) in [5.41, 5.74) is 1.73. The smallest absolute Gasteiger partial charge is 0.331 e. The van der Waals surface area contributed by atoms with Crippen molar-refractivity contribution in [3.8, 4) is 0 Å². The monoisotopic (exact) mass is 690 g/mol. The maximum absolute atomic E-state index is 13.8. The fourth-order valence-electron chi connectivity index (χ4n) is 12.4. The molecule has 1 saturated heterocycles. The molecule has 7 rings (SSSR count). The van der Waals surface area contributed by atoms with Gasteiger partial charge >= 0.3 is 11.9 Å². The number of cyclic esters (lactones) is 1. The van der Waals surface area contributed by atoms with Gasteiger partial charge < -0.3 is 24.8 Å².